The van der Waals surface area contributed by atoms with Gasteiger partial charge in [0.25, 0.3) is 5.91 Å². The zero-order valence-electron chi connectivity index (χ0n) is 17.0. The predicted molar refractivity (Wildman–Crippen MR) is 127 cm³/mol. The fourth-order valence-electron chi connectivity index (χ4n) is 3.29. The molecular weight excluding hydrogens is 498 g/mol. The van der Waals surface area contributed by atoms with E-state index in [1.54, 1.807) is 13.1 Å². The Morgan fingerprint density at radius 1 is 1.17 bits per heavy atom. The van der Waals surface area contributed by atoms with Crippen molar-refractivity contribution in [2.75, 3.05) is 26.7 Å². The molecule has 0 aromatic heterocycles. The molecule has 1 amide bonds. The summed E-state index contributed by atoms with van der Waals surface area (Å²) < 4.78 is 19.4. The standard InChI is InChI=1S/C22H27FN4O2.HI/c1-25-21(27-15-22(11-12-22)18-4-2-3-5-19(18)23)26-13-10-16-6-8-17(9-7-16)29-14-20(24)28;/h2-9H,10-15H2,1H3,(H2,24,28)(H2,25,26,27);1H. The first-order valence-corrected chi connectivity index (χ1v) is 9.72. The van der Waals surface area contributed by atoms with Crippen molar-refractivity contribution in [1.82, 2.24) is 10.6 Å². The zero-order chi connectivity index (χ0) is 20.7. The van der Waals surface area contributed by atoms with Crippen molar-refractivity contribution in [2.24, 2.45) is 10.7 Å². The van der Waals surface area contributed by atoms with Crippen LogP contribution in [0.15, 0.2) is 53.5 Å². The number of hydrogen-bond acceptors (Lipinski definition) is 3. The molecule has 1 fully saturated rings. The van der Waals surface area contributed by atoms with Crippen molar-refractivity contribution in [3.63, 3.8) is 0 Å². The Hall–Kier alpha value is -2.36. The zero-order valence-corrected chi connectivity index (χ0v) is 19.3. The molecule has 4 N–H and O–H groups in total. The number of amides is 1. The van der Waals surface area contributed by atoms with E-state index < -0.39 is 5.91 Å². The summed E-state index contributed by atoms with van der Waals surface area (Å²) in [5.74, 6) is 0.674. The van der Waals surface area contributed by atoms with Crippen LogP contribution in [-0.4, -0.2) is 38.6 Å². The first-order chi connectivity index (χ1) is 14.0. The van der Waals surface area contributed by atoms with Crippen LogP contribution in [-0.2, 0) is 16.6 Å². The van der Waals surface area contributed by atoms with Gasteiger partial charge in [0, 0.05) is 25.6 Å². The number of benzene rings is 2. The molecule has 1 aliphatic carbocycles. The van der Waals surface area contributed by atoms with E-state index in [0.29, 0.717) is 24.8 Å². The number of carbonyl (C=O) groups is 1. The van der Waals surface area contributed by atoms with Crippen LogP contribution in [0.2, 0.25) is 0 Å². The molecule has 1 saturated carbocycles. The quantitative estimate of drug-likeness (QED) is 0.267. The summed E-state index contributed by atoms with van der Waals surface area (Å²) in [6, 6.07) is 14.5. The van der Waals surface area contributed by atoms with Crippen LogP contribution in [0.25, 0.3) is 0 Å². The van der Waals surface area contributed by atoms with Gasteiger partial charge in [0.15, 0.2) is 12.6 Å². The Labute approximate surface area is 193 Å². The number of aliphatic imine (C=N–C) groups is 1. The molecule has 8 heteroatoms. The lowest BCUT2D eigenvalue weighted by Crippen LogP contribution is -2.42. The van der Waals surface area contributed by atoms with E-state index in [1.807, 2.05) is 36.4 Å². The van der Waals surface area contributed by atoms with E-state index in [0.717, 1.165) is 30.4 Å². The Bertz CT molecular complexity index is 870. The Kier molecular flexibility index (Phi) is 8.88. The summed E-state index contributed by atoms with van der Waals surface area (Å²) in [4.78, 5) is 15.0. The molecule has 0 atom stereocenters. The fraction of sp³-hybridized carbons (Fsp3) is 0.364. The van der Waals surface area contributed by atoms with Crippen molar-refractivity contribution in [1.29, 1.82) is 0 Å². The molecule has 0 saturated heterocycles. The van der Waals surface area contributed by atoms with Gasteiger partial charge in [-0.15, -0.1) is 24.0 Å². The topological polar surface area (TPSA) is 88.7 Å². The SMILES string of the molecule is CN=C(NCCc1ccc(OCC(N)=O)cc1)NCC1(c2ccccc2F)CC1.I. The first-order valence-electron chi connectivity index (χ1n) is 9.72. The number of nitrogens with zero attached hydrogens (tertiary/aromatic N) is 1. The van der Waals surface area contributed by atoms with Gasteiger partial charge in [0.2, 0.25) is 0 Å². The number of primary amides is 1. The maximum absolute atomic E-state index is 14.1. The number of guanidine groups is 1. The summed E-state index contributed by atoms with van der Waals surface area (Å²) in [6.45, 7) is 1.23. The van der Waals surface area contributed by atoms with E-state index in [1.165, 1.54) is 6.07 Å². The molecule has 162 valence electrons. The van der Waals surface area contributed by atoms with E-state index in [9.17, 15) is 9.18 Å². The Morgan fingerprint density at radius 2 is 1.87 bits per heavy atom. The van der Waals surface area contributed by atoms with Gasteiger partial charge in [0.1, 0.15) is 11.6 Å². The Balaban J connectivity index is 0.00000320. The van der Waals surface area contributed by atoms with Crippen molar-refractivity contribution in [2.45, 2.75) is 24.7 Å². The second-order valence-electron chi connectivity index (χ2n) is 7.26. The third-order valence-corrected chi connectivity index (χ3v) is 5.13. The molecule has 0 unspecified atom stereocenters. The third-order valence-electron chi connectivity index (χ3n) is 5.13. The van der Waals surface area contributed by atoms with E-state index >= 15 is 0 Å². The number of rotatable bonds is 9. The van der Waals surface area contributed by atoms with Gasteiger partial charge in [-0.2, -0.15) is 0 Å². The van der Waals surface area contributed by atoms with Crippen LogP contribution in [0.4, 0.5) is 4.39 Å². The minimum Gasteiger partial charge on any atom is -0.484 e. The number of carbonyl (C=O) groups excluding carboxylic acids is 1. The lowest BCUT2D eigenvalue weighted by molar-refractivity contribution is -0.119. The summed E-state index contributed by atoms with van der Waals surface area (Å²) in [5.41, 5.74) is 6.84. The van der Waals surface area contributed by atoms with Crippen LogP contribution < -0.4 is 21.1 Å². The maximum Gasteiger partial charge on any atom is 0.255 e. The van der Waals surface area contributed by atoms with E-state index in [4.69, 9.17) is 10.5 Å². The molecule has 2 aromatic carbocycles. The average Bonchev–Trinajstić information content (AvgIpc) is 3.51. The van der Waals surface area contributed by atoms with Crippen LogP contribution in [0.1, 0.15) is 24.0 Å². The van der Waals surface area contributed by atoms with Gasteiger partial charge in [-0.05, 0) is 48.6 Å². The second kappa shape index (κ2) is 11.1. The van der Waals surface area contributed by atoms with Gasteiger partial charge in [-0.25, -0.2) is 4.39 Å². The lowest BCUT2D eigenvalue weighted by atomic mass is 9.95. The Morgan fingerprint density at radius 3 is 2.47 bits per heavy atom. The normalized spacial score (nSPS) is 14.4. The molecule has 0 bridgehead atoms. The number of halogens is 2. The van der Waals surface area contributed by atoms with Gasteiger partial charge in [-0.1, -0.05) is 30.3 Å². The van der Waals surface area contributed by atoms with Gasteiger partial charge >= 0.3 is 0 Å². The molecule has 30 heavy (non-hydrogen) atoms. The average molecular weight is 526 g/mol. The van der Waals surface area contributed by atoms with Crippen molar-refractivity contribution in [3.8, 4) is 5.75 Å². The minimum atomic E-state index is -0.500. The summed E-state index contributed by atoms with van der Waals surface area (Å²) in [5, 5.41) is 6.62. The molecular formula is C22H28FIN4O2. The lowest BCUT2D eigenvalue weighted by Gasteiger charge is -2.19. The van der Waals surface area contributed by atoms with Crippen LogP contribution in [0.3, 0.4) is 0 Å². The molecule has 0 spiro atoms. The smallest absolute Gasteiger partial charge is 0.255 e. The third kappa shape index (κ3) is 6.58. The van der Waals surface area contributed by atoms with E-state index in [2.05, 4.69) is 15.6 Å². The van der Waals surface area contributed by atoms with Gasteiger partial charge < -0.3 is 21.1 Å². The molecule has 2 aromatic rings. The largest absolute Gasteiger partial charge is 0.484 e. The second-order valence-corrected chi connectivity index (χ2v) is 7.26. The molecule has 0 heterocycles. The molecule has 0 aliphatic heterocycles. The van der Waals surface area contributed by atoms with Crippen molar-refractivity contribution in [3.05, 3.63) is 65.5 Å². The van der Waals surface area contributed by atoms with Crippen molar-refractivity contribution < 1.29 is 13.9 Å². The van der Waals surface area contributed by atoms with Crippen LogP contribution >= 0.6 is 24.0 Å². The molecule has 3 rings (SSSR count). The van der Waals surface area contributed by atoms with Crippen molar-refractivity contribution >= 4 is 35.8 Å². The first kappa shape index (κ1) is 23.9. The summed E-state index contributed by atoms with van der Waals surface area (Å²) >= 11 is 0. The molecule has 0 radical (unpaired) electrons. The highest BCUT2D eigenvalue weighted by Gasteiger charge is 2.45. The fourth-order valence-corrected chi connectivity index (χ4v) is 3.29. The van der Waals surface area contributed by atoms with Crippen LogP contribution in [0.5, 0.6) is 5.75 Å². The summed E-state index contributed by atoms with van der Waals surface area (Å²) in [7, 11) is 1.73. The van der Waals surface area contributed by atoms with E-state index in [-0.39, 0.29) is 41.8 Å². The van der Waals surface area contributed by atoms with Gasteiger partial charge in [-0.3, -0.25) is 9.79 Å². The molecule has 6 nitrogen and oxygen atoms in total. The highest BCUT2D eigenvalue weighted by molar-refractivity contribution is 14.0. The highest BCUT2D eigenvalue weighted by atomic mass is 127. The maximum atomic E-state index is 14.1. The highest BCUT2D eigenvalue weighted by Crippen LogP contribution is 2.48. The number of nitrogens with one attached hydrogen (secondary N) is 2. The minimum absolute atomic E-state index is 0. The number of hydrogen-bond donors (Lipinski definition) is 3. The summed E-state index contributed by atoms with van der Waals surface area (Å²) in [6.07, 6.45) is 2.75. The monoisotopic (exact) mass is 526 g/mol. The number of nitrogens with two attached hydrogens (primary N) is 1. The number of ether oxygens (including phenoxy) is 1. The molecule has 1 aliphatic rings. The predicted octanol–water partition coefficient (Wildman–Crippen LogP) is 2.75. The van der Waals surface area contributed by atoms with Crippen LogP contribution in [0, 0.1) is 5.82 Å². The van der Waals surface area contributed by atoms with Gasteiger partial charge in [0.05, 0.1) is 0 Å².